The summed E-state index contributed by atoms with van der Waals surface area (Å²) in [6, 6.07) is 10.3. The number of sulfonamides is 1. The summed E-state index contributed by atoms with van der Waals surface area (Å²) in [5.41, 5.74) is -1.01. The molecule has 37 heavy (non-hydrogen) atoms. The van der Waals surface area contributed by atoms with Gasteiger partial charge in [0.1, 0.15) is 11.4 Å². The Balaban J connectivity index is 1.54. The van der Waals surface area contributed by atoms with Crippen molar-refractivity contribution in [3.63, 3.8) is 0 Å². The predicted molar refractivity (Wildman–Crippen MR) is 136 cm³/mol. The molecule has 0 bridgehead atoms. The van der Waals surface area contributed by atoms with Gasteiger partial charge < -0.3 is 15.0 Å². The zero-order valence-electron chi connectivity index (χ0n) is 21.2. The van der Waals surface area contributed by atoms with Crippen molar-refractivity contribution < 1.29 is 31.5 Å². The monoisotopic (exact) mass is 537 g/mol. The summed E-state index contributed by atoms with van der Waals surface area (Å²) < 4.78 is 61.8. The molecule has 11 heteroatoms. The second kappa shape index (κ2) is 11.9. The van der Waals surface area contributed by atoms with Crippen LogP contribution in [-0.2, 0) is 31.7 Å². The number of ether oxygens (including phenoxy) is 1. The molecule has 0 spiro atoms. The third-order valence-electron chi connectivity index (χ3n) is 5.84. The van der Waals surface area contributed by atoms with Crippen molar-refractivity contribution in [2.24, 2.45) is 5.92 Å². The molecular formula is C26H33F2N3O5S. The lowest BCUT2D eigenvalue weighted by atomic mass is 9.97. The molecule has 3 rings (SSSR count). The molecule has 1 saturated heterocycles. The maximum atomic E-state index is 15.0. The van der Waals surface area contributed by atoms with Gasteiger partial charge in [0.05, 0.1) is 17.9 Å². The Morgan fingerprint density at radius 2 is 1.70 bits per heavy atom. The molecule has 2 aromatic rings. The number of rotatable bonds is 8. The first-order valence-electron chi connectivity index (χ1n) is 12.1. The minimum absolute atomic E-state index is 0.105. The van der Waals surface area contributed by atoms with E-state index in [0.29, 0.717) is 38.0 Å². The topological polar surface area (TPSA) is 105 Å². The van der Waals surface area contributed by atoms with Gasteiger partial charge in [-0.3, -0.25) is 9.52 Å². The molecule has 0 saturated carbocycles. The van der Waals surface area contributed by atoms with E-state index in [-0.39, 0.29) is 17.8 Å². The molecule has 0 atom stereocenters. The van der Waals surface area contributed by atoms with Crippen LogP contribution in [0.2, 0.25) is 0 Å². The highest BCUT2D eigenvalue weighted by atomic mass is 32.2. The summed E-state index contributed by atoms with van der Waals surface area (Å²) in [4.78, 5) is 26.3. The number of benzene rings is 2. The van der Waals surface area contributed by atoms with E-state index < -0.39 is 50.8 Å². The normalized spacial score (nSPS) is 14.8. The fourth-order valence-electron chi connectivity index (χ4n) is 3.96. The molecule has 0 radical (unpaired) electrons. The van der Waals surface area contributed by atoms with Gasteiger partial charge in [-0.05, 0) is 57.2 Å². The van der Waals surface area contributed by atoms with E-state index in [1.807, 2.05) is 0 Å². The number of hydrogen-bond acceptors (Lipinski definition) is 5. The van der Waals surface area contributed by atoms with Gasteiger partial charge >= 0.3 is 6.09 Å². The van der Waals surface area contributed by atoms with Crippen molar-refractivity contribution in [2.75, 3.05) is 24.4 Å². The number of anilines is 1. The van der Waals surface area contributed by atoms with Crippen LogP contribution in [0.15, 0.2) is 42.5 Å². The average Bonchev–Trinajstić information content (AvgIpc) is 2.82. The number of likely N-dealkylation sites (tertiary alicyclic amines) is 1. The Morgan fingerprint density at radius 1 is 1.05 bits per heavy atom. The molecule has 2 amide bonds. The largest absolute Gasteiger partial charge is 0.444 e. The minimum Gasteiger partial charge on any atom is -0.444 e. The number of nitrogens with one attached hydrogen (secondary N) is 2. The summed E-state index contributed by atoms with van der Waals surface area (Å²) in [7, 11) is -3.96. The predicted octanol–water partition coefficient (Wildman–Crippen LogP) is 4.21. The lowest BCUT2D eigenvalue weighted by Gasteiger charge is -2.33. The molecule has 1 fully saturated rings. The first kappa shape index (κ1) is 28.4. The van der Waals surface area contributed by atoms with Crippen molar-refractivity contribution in [1.29, 1.82) is 0 Å². The first-order valence-corrected chi connectivity index (χ1v) is 13.7. The van der Waals surface area contributed by atoms with Gasteiger partial charge in [0, 0.05) is 25.2 Å². The summed E-state index contributed by atoms with van der Waals surface area (Å²) in [6.07, 6.45) is 0.352. The quantitative estimate of drug-likeness (QED) is 0.525. The highest BCUT2D eigenvalue weighted by molar-refractivity contribution is 7.91. The standard InChI is InChI=1S/C26H33F2N3O5S/c1-26(2,3)36-25(33)31-13-11-18(12-14-31)16-29-23(32)15-20-21(27)9-10-22(24(20)28)30-37(34,35)17-19-7-5-4-6-8-19/h4-10,18,30H,11-17H2,1-3H3,(H,29,32). The van der Waals surface area contributed by atoms with Crippen LogP contribution in [0.5, 0.6) is 0 Å². The average molecular weight is 538 g/mol. The Labute approximate surface area is 216 Å². The smallest absolute Gasteiger partial charge is 0.410 e. The molecule has 0 aromatic heterocycles. The minimum atomic E-state index is -3.96. The van der Waals surface area contributed by atoms with Crippen LogP contribution in [0.1, 0.15) is 44.7 Å². The van der Waals surface area contributed by atoms with E-state index in [1.54, 1.807) is 56.0 Å². The van der Waals surface area contributed by atoms with E-state index in [9.17, 15) is 26.8 Å². The molecule has 1 heterocycles. The molecule has 2 N–H and O–H groups in total. The molecule has 0 aliphatic carbocycles. The van der Waals surface area contributed by atoms with E-state index in [0.717, 1.165) is 12.1 Å². The van der Waals surface area contributed by atoms with Crippen LogP contribution in [0, 0.1) is 17.6 Å². The van der Waals surface area contributed by atoms with Gasteiger partial charge in [0.15, 0.2) is 5.82 Å². The SMILES string of the molecule is CC(C)(C)OC(=O)N1CCC(CNC(=O)Cc2c(F)ccc(NS(=O)(=O)Cc3ccccc3)c2F)CC1. The zero-order valence-corrected chi connectivity index (χ0v) is 22.0. The molecule has 1 aliphatic heterocycles. The van der Waals surface area contributed by atoms with Gasteiger partial charge in [0.2, 0.25) is 15.9 Å². The maximum Gasteiger partial charge on any atom is 0.410 e. The van der Waals surface area contributed by atoms with Crippen LogP contribution in [0.4, 0.5) is 19.3 Å². The third kappa shape index (κ3) is 8.70. The summed E-state index contributed by atoms with van der Waals surface area (Å²) in [5.74, 6) is -2.93. The van der Waals surface area contributed by atoms with Crippen LogP contribution >= 0.6 is 0 Å². The Morgan fingerprint density at radius 3 is 2.32 bits per heavy atom. The van der Waals surface area contributed by atoms with Gasteiger partial charge in [0.25, 0.3) is 0 Å². The maximum absolute atomic E-state index is 15.0. The summed E-state index contributed by atoms with van der Waals surface area (Å²) in [6.45, 7) is 6.68. The lowest BCUT2D eigenvalue weighted by molar-refractivity contribution is -0.120. The number of hydrogen-bond donors (Lipinski definition) is 2. The van der Waals surface area contributed by atoms with Crippen molar-refractivity contribution in [3.8, 4) is 0 Å². The van der Waals surface area contributed by atoms with Crippen molar-refractivity contribution in [1.82, 2.24) is 10.2 Å². The van der Waals surface area contributed by atoms with E-state index in [2.05, 4.69) is 10.0 Å². The number of piperidine rings is 1. The molecule has 8 nitrogen and oxygen atoms in total. The number of carbonyl (C=O) groups is 2. The second-order valence-electron chi connectivity index (χ2n) is 10.1. The number of amides is 2. The molecular weight excluding hydrogens is 504 g/mol. The Kier molecular flexibility index (Phi) is 9.12. The van der Waals surface area contributed by atoms with E-state index in [1.165, 1.54) is 0 Å². The molecule has 202 valence electrons. The highest BCUT2D eigenvalue weighted by Gasteiger charge is 2.27. The molecule has 2 aromatic carbocycles. The van der Waals surface area contributed by atoms with Gasteiger partial charge in [-0.2, -0.15) is 0 Å². The number of carbonyl (C=O) groups excluding carboxylic acids is 2. The van der Waals surface area contributed by atoms with Crippen molar-refractivity contribution in [3.05, 3.63) is 65.2 Å². The summed E-state index contributed by atoms with van der Waals surface area (Å²) >= 11 is 0. The summed E-state index contributed by atoms with van der Waals surface area (Å²) in [5, 5.41) is 2.69. The van der Waals surface area contributed by atoms with Gasteiger partial charge in [-0.25, -0.2) is 22.0 Å². The van der Waals surface area contributed by atoms with Gasteiger partial charge in [-0.15, -0.1) is 0 Å². The van der Waals surface area contributed by atoms with Crippen molar-refractivity contribution in [2.45, 2.75) is 51.4 Å². The molecule has 0 unspecified atom stereocenters. The van der Waals surface area contributed by atoms with Crippen molar-refractivity contribution >= 4 is 27.7 Å². The van der Waals surface area contributed by atoms with E-state index >= 15 is 0 Å². The fourth-order valence-corrected chi connectivity index (χ4v) is 5.16. The Hall–Kier alpha value is -3.21. The third-order valence-corrected chi connectivity index (χ3v) is 7.09. The van der Waals surface area contributed by atoms with Crippen LogP contribution in [0.25, 0.3) is 0 Å². The molecule has 1 aliphatic rings. The van der Waals surface area contributed by atoms with Gasteiger partial charge in [-0.1, -0.05) is 30.3 Å². The number of nitrogens with zero attached hydrogens (tertiary/aromatic N) is 1. The van der Waals surface area contributed by atoms with Crippen LogP contribution in [-0.4, -0.2) is 50.6 Å². The van der Waals surface area contributed by atoms with Crippen LogP contribution in [0.3, 0.4) is 0 Å². The van der Waals surface area contributed by atoms with Crippen LogP contribution < -0.4 is 10.0 Å². The second-order valence-corrected chi connectivity index (χ2v) is 11.8. The zero-order chi connectivity index (χ0) is 27.2. The highest BCUT2D eigenvalue weighted by Crippen LogP contribution is 2.24. The number of halogens is 2. The fraction of sp³-hybridized carbons (Fsp3) is 0.462. The first-order chi connectivity index (χ1) is 17.3. The Bertz CT molecular complexity index is 1210. The van der Waals surface area contributed by atoms with E-state index in [4.69, 9.17) is 4.74 Å². The lowest BCUT2D eigenvalue weighted by Crippen LogP contribution is -2.43.